The van der Waals surface area contributed by atoms with E-state index in [1.165, 1.54) is 5.56 Å². The first kappa shape index (κ1) is 21.8. The second kappa shape index (κ2) is 8.47. The van der Waals surface area contributed by atoms with E-state index in [0.717, 1.165) is 27.9 Å². The van der Waals surface area contributed by atoms with E-state index in [9.17, 15) is 0 Å². The molecule has 4 aromatic rings. The second-order valence-corrected chi connectivity index (χ2v) is 8.17. The van der Waals surface area contributed by atoms with Crippen molar-refractivity contribution < 1.29 is 29.1 Å². The first-order valence-electron chi connectivity index (χ1n) is 9.56. The van der Waals surface area contributed by atoms with Crippen LogP contribution < -0.4 is 4.57 Å². The maximum Gasteiger partial charge on any atom is 0.248 e. The van der Waals surface area contributed by atoms with Crippen LogP contribution in [0.15, 0.2) is 71.3 Å². The zero-order valence-electron chi connectivity index (χ0n) is 17.3. The number of benzene rings is 2. The van der Waals surface area contributed by atoms with E-state index in [0.29, 0.717) is 11.8 Å². The molecule has 155 valence electrons. The molecule has 0 N–H and O–H groups in total. The van der Waals surface area contributed by atoms with Crippen LogP contribution in [0.5, 0.6) is 0 Å². The van der Waals surface area contributed by atoms with Crippen LogP contribution in [0.1, 0.15) is 31.9 Å². The Balaban J connectivity index is 0.00000256. The Morgan fingerprint density at radius 1 is 0.867 bits per heavy atom. The van der Waals surface area contributed by atoms with Crippen molar-refractivity contribution in [2.75, 3.05) is 0 Å². The van der Waals surface area contributed by atoms with E-state index in [2.05, 4.69) is 57.1 Å². The Hall–Kier alpha value is -2.88. The molecule has 0 fully saturated rings. The van der Waals surface area contributed by atoms with E-state index in [1.54, 1.807) is 0 Å². The summed E-state index contributed by atoms with van der Waals surface area (Å²) in [5.74, 6) is 0.986. The molecular weight excluding hydrogens is 551 g/mol. The van der Waals surface area contributed by atoms with E-state index in [4.69, 9.17) is 4.42 Å². The van der Waals surface area contributed by atoms with Gasteiger partial charge in [0.15, 0.2) is 0 Å². The van der Waals surface area contributed by atoms with Crippen LogP contribution in [0.4, 0.5) is 0 Å². The summed E-state index contributed by atoms with van der Waals surface area (Å²) in [6, 6.07) is 20.1. The molecule has 5 heteroatoms. The number of hydrogen-bond donors (Lipinski definition) is 0. The van der Waals surface area contributed by atoms with Crippen LogP contribution >= 0.6 is 0 Å². The third kappa shape index (κ3) is 4.33. The van der Waals surface area contributed by atoms with Crippen molar-refractivity contribution in [1.82, 2.24) is 10.2 Å². The zero-order chi connectivity index (χ0) is 20.6. The van der Waals surface area contributed by atoms with E-state index < -0.39 is 0 Å². The molecule has 0 saturated carbocycles. The molecule has 4 rings (SSSR count). The van der Waals surface area contributed by atoms with Crippen molar-refractivity contribution in [3.63, 3.8) is 0 Å². The first-order chi connectivity index (χ1) is 13.8. The van der Waals surface area contributed by atoms with E-state index in [-0.39, 0.29) is 25.5 Å². The molecule has 2 heterocycles. The van der Waals surface area contributed by atoms with Crippen molar-refractivity contribution in [1.29, 1.82) is 0 Å². The Kier molecular flexibility index (Phi) is 6.16. The minimum atomic E-state index is 0. The normalized spacial score (nSPS) is 11.2. The fourth-order valence-electron chi connectivity index (χ4n) is 3.24. The zero-order valence-corrected chi connectivity index (χ0v) is 19.7. The fourth-order valence-corrected chi connectivity index (χ4v) is 3.24. The SMILES string of the molecule is [CH2-]c1ccc(-c2nnc(-c3ccc(C(C)(C)C)cc3)o2)cc1-c1cccc[n+]1[CH2-].[Ir]. The minimum absolute atomic E-state index is 0. The van der Waals surface area contributed by atoms with Crippen molar-refractivity contribution in [2.45, 2.75) is 26.2 Å². The molecule has 0 aliphatic rings. The third-order valence-electron chi connectivity index (χ3n) is 5.00. The van der Waals surface area contributed by atoms with Crippen molar-refractivity contribution in [3.05, 3.63) is 92.0 Å². The summed E-state index contributed by atoms with van der Waals surface area (Å²) < 4.78 is 7.80. The maximum atomic E-state index is 5.98. The second-order valence-electron chi connectivity index (χ2n) is 8.17. The average molecular weight is 575 g/mol. The number of nitrogens with zero attached hydrogens (tertiary/aromatic N) is 3. The average Bonchev–Trinajstić information content (AvgIpc) is 3.19. The molecular formula is C25H24IrN3O-. The molecule has 0 unspecified atom stereocenters. The standard InChI is InChI=1S/C25H24N3O.Ir/c1-17-9-10-19(16-21(17)22-8-6-7-15-28(22)5)24-27-26-23(29-24)18-11-13-20(14-12-18)25(2,3)4;/h6-16H,1,5H2,2-4H3;/q-1;. The quantitative estimate of drug-likeness (QED) is 0.241. The van der Waals surface area contributed by atoms with Gasteiger partial charge in [-0.2, -0.15) is 18.6 Å². The topological polar surface area (TPSA) is 42.8 Å². The smallest absolute Gasteiger partial charge is 0.248 e. The third-order valence-corrected chi connectivity index (χ3v) is 5.00. The largest absolute Gasteiger partial charge is 0.416 e. The van der Waals surface area contributed by atoms with Crippen molar-refractivity contribution in [2.24, 2.45) is 0 Å². The van der Waals surface area contributed by atoms with Gasteiger partial charge in [0.1, 0.15) is 0 Å². The Bertz CT molecular complexity index is 1160. The number of hydrogen-bond acceptors (Lipinski definition) is 3. The number of aromatic nitrogens is 3. The van der Waals surface area contributed by atoms with E-state index in [1.807, 2.05) is 59.3 Å². The summed E-state index contributed by atoms with van der Waals surface area (Å²) in [7, 11) is 4.05. The summed E-state index contributed by atoms with van der Waals surface area (Å²) >= 11 is 0. The molecule has 0 aliphatic carbocycles. The first-order valence-corrected chi connectivity index (χ1v) is 9.56. The molecule has 2 aromatic carbocycles. The Labute approximate surface area is 191 Å². The van der Waals surface area contributed by atoms with Gasteiger partial charge < -0.3 is 8.98 Å². The predicted molar refractivity (Wildman–Crippen MR) is 115 cm³/mol. The van der Waals surface area contributed by atoms with Gasteiger partial charge in [0, 0.05) is 38.3 Å². The van der Waals surface area contributed by atoms with Crippen molar-refractivity contribution in [3.8, 4) is 34.2 Å². The van der Waals surface area contributed by atoms with Gasteiger partial charge >= 0.3 is 0 Å². The maximum absolute atomic E-state index is 5.98. The molecule has 0 bridgehead atoms. The molecule has 0 spiro atoms. The summed E-state index contributed by atoms with van der Waals surface area (Å²) in [6.45, 7) is 10.7. The molecule has 30 heavy (non-hydrogen) atoms. The van der Waals surface area contributed by atoms with Gasteiger partial charge in [-0.15, -0.1) is 27.9 Å². The molecule has 0 amide bonds. The number of rotatable bonds is 3. The number of pyridine rings is 1. The van der Waals surface area contributed by atoms with Gasteiger partial charge in [-0.1, -0.05) is 51.1 Å². The van der Waals surface area contributed by atoms with Crippen LogP contribution in [0.2, 0.25) is 0 Å². The monoisotopic (exact) mass is 575 g/mol. The van der Waals surface area contributed by atoms with Crippen LogP contribution in [-0.2, 0) is 25.5 Å². The summed E-state index contributed by atoms with van der Waals surface area (Å²) in [4.78, 5) is 0. The van der Waals surface area contributed by atoms with Crippen molar-refractivity contribution >= 4 is 0 Å². The van der Waals surface area contributed by atoms with Gasteiger partial charge in [0.05, 0.1) is 11.9 Å². The molecule has 0 atom stereocenters. The van der Waals surface area contributed by atoms with Gasteiger partial charge in [-0.25, -0.2) is 0 Å². The molecule has 0 saturated heterocycles. The predicted octanol–water partition coefficient (Wildman–Crippen LogP) is 5.47. The minimum Gasteiger partial charge on any atom is -0.416 e. The van der Waals surface area contributed by atoms with Crippen LogP contribution in [0, 0.1) is 14.0 Å². The van der Waals surface area contributed by atoms with Gasteiger partial charge in [0.25, 0.3) is 0 Å². The summed E-state index contributed by atoms with van der Waals surface area (Å²) in [6.07, 6.45) is 1.91. The van der Waals surface area contributed by atoms with Crippen LogP contribution in [0.25, 0.3) is 34.2 Å². The fraction of sp³-hybridized carbons (Fsp3) is 0.160. The summed E-state index contributed by atoms with van der Waals surface area (Å²) in [5, 5.41) is 8.51. The van der Waals surface area contributed by atoms with Crippen LogP contribution in [-0.4, -0.2) is 10.2 Å². The van der Waals surface area contributed by atoms with Crippen LogP contribution in [0.3, 0.4) is 0 Å². The molecule has 2 aromatic heterocycles. The Morgan fingerprint density at radius 3 is 2.13 bits per heavy atom. The molecule has 4 nitrogen and oxygen atoms in total. The summed E-state index contributed by atoms with van der Waals surface area (Å²) in [5.41, 5.74) is 5.98. The van der Waals surface area contributed by atoms with Gasteiger partial charge in [-0.3, -0.25) is 0 Å². The van der Waals surface area contributed by atoms with E-state index >= 15 is 0 Å². The van der Waals surface area contributed by atoms with Gasteiger partial charge in [0.2, 0.25) is 11.8 Å². The molecule has 1 radical (unpaired) electrons. The Morgan fingerprint density at radius 2 is 1.50 bits per heavy atom. The van der Waals surface area contributed by atoms with Gasteiger partial charge in [-0.05, 0) is 23.1 Å². The molecule has 0 aliphatic heterocycles.